The molecule has 0 saturated carbocycles. The van der Waals surface area contributed by atoms with Crippen LogP contribution in [0.5, 0.6) is 11.5 Å². The van der Waals surface area contributed by atoms with E-state index < -0.39 is 0 Å². The van der Waals surface area contributed by atoms with Gasteiger partial charge in [-0.05, 0) is 51.7 Å². The lowest BCUT2D eigenvalue weighted by molar-refractivity contribution is 0.0665. The maximum absolute atomic E-state index is 14.0. The number of carbonyl (C=O) groups excluding carboxylic acids is 1. The Hall–Kier alpha value is -5.25. The standard InChI is InChI=1S/C32H30N8O3/c1-37-11-13-39(14-12-37)31(41)28-20-38(19-27(28)26-8-4-6-23-5-2-3-7-25(23)26)18-24-16-34-32(35-36-33)40(24)17-22-9-10-29-30(15-22)43-21-42-29/h2-10,15-16,19-20H,11-14,17-18,21H2,1H3. The molecule has 43 heavy (non-hydrogen) atoms. The smallest absolute Gasteiger partial charge is 0.256 e. The monoisotopic (exact) mass is 574 g/mol. The maximum atomic E-state index is 14.0. The molecule has 0 radical (unpaired) electrons. The van der Waals surface area contributed by atoms with Crippen molar-refractivity contribution < 1.29 is 14.3 Å². The Kier molecular flexibility index (Phi) is 6.94. The van der Waals surface area contributed by atoms with E-state index in [4.69, 9.17) is 9.47 Å². The minimum atomic E-state index is 0.0263. The van der Waals surface area contributed by atoms with Crippen LogP contribution in [0.15, 0.2) is 84.4 Å². The predicted molar refractivity (Wildman–Crippen MR) is 163 cm³/mol. The number of aromatic nitrogens is 3. The highest BCUT2D eigenvalue weighted by atomic mass is 16.7. The van der Waals surface area contributed by atoms with E-state index in [9.17, 15) is 10.3 Å². The summed E-state index contributed by atoms with van der Waals surface area (Å²) in [5, 5.41) is 6.05. The molecule has 216 valence electrons. The van der Waals surface area contributed by atoms with Gasteiger partial charge in [0.25, 0.3) is 5.91 Å². The quantitative estimate of drug-likeness (QED) is 0.141. The Bertz CT molecular complexity index is 1870. The van der Waals surface area contributed by atoms with Gasteiger partial charge in [0.15, 0.2) is 17.4 Å². The third-order valence-electron chi connectivity index (χ3n) is 8.15. The first kappa shape index (κ1) is 26.6. The normalized spacial score (nSPS) is 14.7. The highest BCUT2D eigenvalue weighted by molar-refractivity contribution is 6.06. The molecule has 11 heteroatoms. The number of likely N-dealkylation sites (N-methyl/N-ethyl adjacent to an activating group) is 1. The van der Waals surface area contributed by atoms with Gasteiger partial charge in [0, 0.05) is 55.6 Å². The Morgan fingerprint density at radius 2 is 1.77 bits per heavy atom. The molecule has 3 aromatic carbocycles. The highest BCUT2D eigenvalue weighted by Crippen LogP contribution is 2.35. The van der Waals surface area contributed by atoms with E-state index in [0.717, 1.165) is 46.2 Å². The zero-order chi connectivity index (χ0) is 29.3. The Morgan fingerprint density at radius 1 is 0.953 bits per heavy atom. The van der Waals surface area contributed by atoms with Crippen LogP contribution in [-0.2, 0) is 13.1 Å². The third kappa shape index (κ3) is 5.16. The van der Waals surface area contributed by atoms with Gasteiger partial charge >= 0.3 is 0 Å². The van der Waals surface area contributed by atoms with Crippen LogP contribution in [0.1, 0.15) is 21.6 Å². The summed E-state index contributed by atoms with van der Waals surface area (Å²) in [6.07, 6.45) is 5.69. The molecule has 2 aliphatic heterocycles. The van der Waals surface area contributed by atoms with Gasteiger partial charge < -0.3 is 28.4 Å². The van der Waals surface area contributed by atoms with Gasteiger partial charge in [0.2, 0.25) is 6.79 Å². The number of nitrogens with zero attached hydrogens (tertiary/aromatic N) is 8. The number of azide groups is 1. The van der Waals surface area contributed by atoms with Crippen molar-refractivity contribution in [1.82, 2.24) is 23.9 Å². The van der Waals surface area contributed by atoms with Crippen LogP contribution in [0.2, 0.25) is 0 Å². The van der Waals surface area contributed by atoms with Gasteiger partial charge in [-0.2, -0.15) is 0 Å². The third-order valence-corrected chi connectivity index (χ3v) is 8.15. The number of amides is 1. The second-order valence-corrected chi connectivity index (χ2v) is 10.9. The van der Waals surface area contributed by atoms with Crippen molar-refractivity contribution >= 4 is 22.6 Å². The number of hydrogen-bond acceptors (Lipinski definition) is 6. The van der Waals surface area contributed by atoms with Crippen LogP contribution in [0.4, 0.5) is 5.95 Å². The van der Waals surface area contributed by atoms with Crippen LogP contribution in [0, 0.1) is 0 Å². The van der Waals surface area contributed by atoms with Gasteiger partial charge in [0.05, 0.1) is 24.0 Å². The maximum Gasteiger partial charge on any atom is 0.256 e. The highest BCUT2D eigenvalue weighted by Gasteiger charge is 2.25. The van der Waals surface area contributed by atoms with Gasteiger partial charge in [-0.3, -0.25) is 4.79 Å². The summed E-state index contributed by atoms with van der Waals surface area (Å²) in [6, 6.07) is 20.2. The number of hydrogen-bond donors (Lipinski definition) is 0. The molecule has 0 N–H and O–H groups in total. The van der Waals surface area contributed by atoms with Crippen molar-refractivity contribution in [3.05, 3.63) is 107 Å². The van der Waals surface area contributed by atoms with Crippen molar-refractivity contribution in [2.24, 2.45) is 5.11 Å². The van der Waals surface area contributed by atoms with Gasteiger partial charge in [0.1, 0.15) is 0 Å². The largest absolute Gasteiger partial charge is 0.454 e. The number of carbonyl (C=O) groups is 1. The second kappa shape index (κ2) is 11.2. The zero-order valence-corrected chi connectivity index (χ0v) is 23.8. The van der Waals surface area contributed by atoms with E-state index in [2.05, 4.69) is 51.2 Å². The zero-order valence-electron chi connectivity index (χ0n) is 23.8. The number of ether oxygens (including phenoxy) is 2. The fraction of sp³-hybridized carbons (Fsp3) is 0.250. The van der Waals surface area contributed by atoms with Crippen LogP contribution in [0.25, 0.3) is 32.3 Å². The minimum absolute atomic E-state index is 0.0263. The Labute approximate surface area is 248 Å². The SMILES string of the molecule is CN1CCN(C(=O)c2cn(Cc3cnc(N=[N+]=[N-])n3Cc3ccc4c(c3)OCO4)cc2-c2cccc3ccccc23)CC1. The van der Waals surface area contributed by atoms with Gasteiger partial charge in [-0.15, -0.1) is 0 Å². The van der Waals surface area contributed by atoms with E-state index in [0.29, 0.717) is 43.2 Å². The summed E-state index contributed by atoms with van der Waals surface area (Å²) >= 11 is 0. The Morgan fingerprint density at radius 3 is 2.63 bits per heavy atom. The molecular weight excluding hydrogens is 544 g/mol. The lowest BCUT2D eigenvalue weighted by Gasteiger charge is -2.32. The number of benzene rings is 3. The molecule has 0 aliphatic carbocycles. The number of imidazole rings is 1. The van der Waals surface area contributed by atoms with Gasteiger partial charge in [-0.25, -0.2) is 4.98 Å². The molecule has 2 aromatic heterocycles. The summed E-state index contributed by atoms with van der Waals surface area (Å²) in [4.78, 5) is 25.6. The van der Waals surface area contributed by atoms with Crippen molar-refractivity contribution in [2.45, 2.75) is 13.1 Å². The summed E-state index contributed by atoms with van der Waals surface area (Å²) in [5.74, 6) is 1.68. The molecule has 0 atom stereocenters. The number of rotatable bonds is 7. The molecule has 7 rings (SSSR count). The Balaban J connectivity index is 1.27. The molecule has 1 fully saturated rings. The summed E-state index contributed by atoms with van der Waals surface area (Å²) < 4.78 is 14.9. The topological polar surface area (TPSA) is 114 Å². The number of piperazine rings is 1. The first-order valence-corrected chi connectivity index (χ1v) is 14.2. The summed E-state index contributed by atoms with van der Waals surface area (Å²) in [7, 11) is 2.08. The average molecular weight is 575 g/mol. The molecule has 5 aromatic rings. The minimum Gasteiger partial charge on any atom is -0.454 e. The fourth-order valence-electron chi connectivity index (χ4n) is 5.85. The fourth-order valence-corrected chi connectivity index (χ4v) is 5.85. The van der Waals surface area contributed by atoms with E-state index in [1.54, 1.807) is 6.20 Å². The first-order chi connectivity index (χ1) is 21.1. The lowest BCUT2D eigenvalue weighted by Crippen LogP contribution is -2.47. The lowest BCUT2D eigenvalue weighted by atomic mass is 9.97. The molecule has 0 bridgehead atoms. The summed E-state index contributed by atoms with van der Waals surface area (Å²) in [5.41, 5.74) is 13.6. The first-order valence-electron chi connectivity index (χ1n) is 14.2. The van der Waals surface area contributed by atoms with Crippen LogP contribution >= 0.6 is 0 Å². The van der Waals surface area contributed by atoms with E-state index in [1.165, 1.54) is 0 Å². The van der Waals surface area contributed by atoms with Crippen LogP contribution < -0.4 is 9.47 Å². The van der Waals surface area contributed by atoms with Crippen molar-refractivity contribution in [3.63, 3.8) is 0 Å². The second-order valence-electron chi connectivity index (χ2n) is 10.9. The molecule has 4 heterocycles. The van der Waals surface area contributed by atoms with Crippen molar-refractivity contribution in [2.75, 3.05) is 40.0 Å². The molecule has 0 spiro atoms. The molecule has 1 amide bonds. The van der Waals surface area contributed by atoms with E-state index >= 15 is 0 Å². The number of fused-ring (bicyclic) bond motifs is 2. The molecular formula is C32H30N8O3. The predicted octanol–water partition coefficient (Wildman–Crippen LogP) is 5.66. The van der Waals surface area contributed by atoms with Crippen molar-refractivity contribution in [1.29, 1.82) is 0 Å². The van der Waals surface area contributed by atoms with Crippen LogP contribution in [0.3, 0.4) is 0 Å². The van der Waals surface area contributed by atoms with Gasteiger partial charge in [-0.1, -0.05) is 48.5 Å². The molecule has 1 saturated heterocycles. The van der Waals surface area contributed by atoms with E-state index in [-0.39, 0.29) is 18.6 Å². The van der Waals surface area contributed by atoms with E-state index in [1.807, 2.05) is 62.8 Å². The average Bonchev–Trinajstić information content (AvgIpc) is 3.77. The molecule has 2 aliphatic rings. The van der Waals surface area contributed by atoms with Crippen LogP contribution in [-0.4, -0.2) is 69.8 Å². The molecule has 0 unspecified atom stereocenters. The summed E-state index contributed by atoms with van der Waals surface area (Å²) in [6.45, 7) is 4.10. The van der Waals surface area contributed by atoms with Crippen molar-refractivity contribution in [3.8, 4) is 22.6 Å². The molecule has 11 nitrogen and oxygen atoms in total.